The molecule has 2 N–H and O–H groups in total. The molecule has 1 aliphatic rings. The fourth-order valence-electron chi connectivity index (χ4n) is 2.73. The van der Waals surface area contributed by atoms with Crippen molar-refractivity contribution in [2.75, 3.05) is 19.6 Å². The maximum Gasteiger partial charge on any atom is 0.307 e. The minimum Gasteiger partial charge on any atom is -0.481 e. The van der Waals surface area contributed by atoms with Crippen LogP contribution < -0.4 is 5.32 Å². The number of carboxylic acids is 1. The summed E-state index contributed by atoms with van der Waals surface area (Å²) in [6.45, 7) is 3.43. The van der Waals surface area contributed by atoms with Crippen LogP contribution in [0.5, 0.6) is 0 Å². The monoisotopic (exact) mass is 368 g/mol. The van der Waals surface area contributed by atoms with Gasteiger partial charge in [0.15, 0.2) is 0 Å². The van der Waals surface area contributed by atoms with E-state index in [0.717, 1.165) is 23.0 Å². The molecule has 22 heavy (non-hydrogen) atoms. The highest BCUT2D eigenvalue weighted by Gasteiger charge is 2.26. The normalized spacial score (nSPS) is 20.4. The maximum absolute atomic E-state index is 12.1. The number of piperidine rings is 1. The minimum absolute atomic E-state index is 0.0681. The van der Waals surface area contributed by atoms with Crippen LogP contribution in [0, 0.1) is 5.92 Å². The molecule has 120 valence electrons. The maximum atomic E-state index is 12.1. The zero-order valence-corrected chi connectivity index (χ0v) is 14.2. The van der Waals surface area contributed by atoms with E-state index in [1.165, 1.54) is 0 Å². The van der Waals surface area contributed by atoms with Crippen molar-refractivity contribution < 1.29 is 14.7 Å². The minimum atomic E-state index is -0.770. The molecule has 2 rings (SSSR count). The van der Waals surface area contributed by atoms with Gasteiger partial charge in [0.2, 0.25) is 5.91 Å². The van der Waals surface area contributed by atoms with E-state index >= 15 is 0 Å². The Kier molecular flexibility index (Phi) is 5.97. The number of carbonyl (C=O) groups is 2. The largest absolute Gasteiger partial charge is 0.481 e. The van der Waals surface area contributed by atoms with Gasteiger partial charge in [-0.15, -0.1) is 0 Å². The molecule has 0 bridgehead atoms. The number of halogens is 1. The first kappa shape index (κ1) is 17.0. The topological polar surface area (TPSA) is 69.6 Å². The number of likely N-dealkylation sites (tertiary alicyclic amines) is 1. The molecule has 0 saturated carbocycles. The number of amides is 1. The fourth-order valence-corrected chi connectivity index (χ4v) is 2.99. The predicted octanol–water partition coefficient (Wildman–Crippen LogP) is 2.42. The summed E-state index contributed by atoms with van der Waals surface area (Å²) in [5.74, 6) is -1.19. The van der Waals surface area contributed by atoms with E-state index in [4.69, 9.17) is 5.11 Å². The standard InChI is InChI=1S/C16H21BrN2O3/c1-11(12-4-6-14(17)7-5-12)18-15(20)10-19-8-2-3-13(9-19)16(21)22/h4-7,11,13H,2-3,8-10H2,1H3,(H,18,20)(H,21,22)/t11-,13+/m0/s1. The molecule has 1 fully saturated rings. The first-order chi connectivity index (χ1) is 10.5. The van der Waals surface area contributed by atoms with Crippen molar-refractivity contribution in [2.45, 2.75) is 25.8 Å². The van der Waals surface area contributed by atoms with Crippen molar-refractivity contribution in [1.82, 2.24) is 10.2 Å². The fraction of sp³-hybridized carbons (Fsp3) is 0.500. The molecule has 0 unspecified atom stereocenters. The number of carbonyl (C=O) groups excluding carboxylic acids is 1. The zero-order valence-electron chi connectivity index (χ0n) is 12.6. The third kappa shape index (κ3) is 4.81. The quantitative estimate of drug-likeness (QED) is 0.837. The Morgan fingerprint density at radius 1 is 1.41 bits per heavy atom. The van der Waals surface area contributed by atoms with Crippen LogP contribution in [0.1, 0.15) is 31.4 Å². The van der Waals surface area contributed by atoms with Crippen LogP contribution in [0.2, 0.25) is 0 Å². The average molecular weight is 369 g/mol. The van der Waals surface area contributed by atoms with Crippen LogP contribution in [0.15, 0.2) is 28.7 Å². The number of rotatable bonds is 5. The highest BCUT2D eigenvalue weighted by Crippen LogP contribution is 2.18. The van der Waals surface area contributed by atoms with Gasteiger partial charge in [0.05, 0.1) is 18.5 Å². The zero-order chi connectivity index (χ0) is 16.1. The molecular formula is C16H21BrN2O3. The van der Waals surface area contributed by atoms with E-state index in [1.54, 1.807) is 0 Å². The third-order valence-electron chi connectivity index (χ3n) is 3.97. The molecule has 0 aromatic heterocycles. The third-order valence-corrected chi connectivity index (χ3v) is 4.50. The van der Waals surface area contributed by atoms with Gasteiger partial charge in [-0.25, -0.2) is 0 Å². The molecule has 1 aromatic carbocycles. The van der Waals surface area contributed by atoms with Crippen molar-refractivity contribution >= 4 is 27.8 Å². The highest BCUT2D eigenvalue weighted by molar-refractivity contribution is 9.10. The van der Waals surface area contributed by atoms with Gasteiger partial charge >= 0.3 is 5.97 Å². The van der Waals surface area contributed by atoms with Gasteiger partial charge < -0.3 is 10.4 Å². The molecule has 6 heteroatoms. The van der Waals surface area contributed by atoms with Crippen LogP contribution in [0.25, 0.3) is 0 Å². The molecule has 1 aromatic rings. The predicted molar refractivity (Wildman–Crippen MR) is 87.5 cm³/mol. The number of nitrogens with zero attached hydrogens (tertiary/aromatic N) is 1. The summed E-state index contributed by atoms with van der Waals surface area (Å²) in [5, 5.41) is 12.0. The smallest absolute Gasteiger partial charge is 0.307 e. The van der Waals surface area contributed by atoms with Crippen LogP contribution in [-0.4, -0.2) is 41.5 Å². The number of carboxylic acid groups (broad SMARTS) is 1. The van der Waals surface area contributed by atoms with Crippen molar-refractivity contribution in [3.63, 3.8) is 0 Å². The van der Waals surface area contributed by atoms with Crippen LogP contribution in [0.4, 0.5) is 0 Å². The second-order valence-corrected chi connectivity index (χ2v) is 6.67. The van der Waals surface area contributed by atoms with E-state index < -0.39 is 5.97 Å². The average Bonchev–Trinajstić information content (AvgIpc) is 2.47. The lowest BCUT2D eigenvalue weighted by Crippen LogP contribution is -2.44. The Morgan fingerprint density at radius 3 is 2.73 bits per heavy atom. The second-order valence-electron chi connectivity index (χ2n) is 5.75. The van der Waals surface area contributed by atoms with Crippen LogP contribution in [0.3, 0.4) is 0 Å². The summed E-state index contributed by atoms with van der Waals surface area (Å²) in [6.07, 6.45) is 1.52. The van der Waals surface area contributed by atoms with E-state index in [0.29, 0.717) is 13.0 Å². The lowest BCUT2D eigenvalue weighted by molar-refractivity contribution is -0.144. The molecule has 1 aliphatic heterocycles. The van der Waals surface area contributed by atoms with Crippen LogP contribution in [-0.2, 0) is 9.59 Å². The van der Waals surface area contributed by atoms with E-state index in [1.807, 2.05) is 36.1 Å². The summed E-state index contributed by atoms with van der Waals surface area (Å²) in [4.78, 5) is 25.1. The Bertz CT molecular complexity index is 533. The molecule has 0 spiro atoms. The Balaban J connectivity index is 1.84. The van der Waals surface area contributed by atoms with Gasteiger partial charge in [0.1, 0.15) is 0 Å². The van der Waals surface area contributed by atoms with Crippen molar-refractivity contribution in [3.05, 3.63) is 34.3 Å². The SMILES string of the molecule is C[C@H](NC(=O)CN1CCC[C@@H](C(=O)O)C1)c1ccc(Br)cc1. The summed E-state index contributed by atoms with van der Waals surface area (Å²) in [5.41, 5.74) is 1.04. The number of aliphatic carboxylic acids is 1. The van der Waals surface area contributed by atoms with Crippen molar-refractivity contribution in [2.24, 2.45) is 5.92 Å². The molecule has 1 heterocycles. The van der Waals surface area contributed by atoms with Gasteiger partial charge in [-0.3, -0.25) is 14.5 Å². The molecule has 1 saturated heterocycles. The molecule has 5 nitrogen and oxygen atoms in total. The van der Waals surface area contributed by atoms with Crippen molar-refractivity contribution in [1.29, 1.82) is 0 Å². The summed E-state index contributed by atoms with van der Waals surface area (Å²) < 4.78 is 1.00. The lowest BCUT2D eigenvalue weighted by atomic mass is 9.98. The Labute approximate surface area is 138 Å². The Hall–Kier alpha value is -1.40. The summed E-state index contributed by atoms with van der Waals surface area (Å²) >= 11 is 3.39. The Morgan fingerprint density at radius 2 is 2.09 bits per heavy atom. The van der Waals surface area contributed by atoms with E-state index in [9.17, 15) is 9.59 Å². The molecule has 1 amide bonds. The van der Waals surface area contributed by atoms with Crippen molar-refractivity contribution in [3.8, 4) is 0 Å². The van der Waals surface area contributed by atoms with Gasteiger partial charge in [0.25, 0.3) is 0 Å². The van der Waals surface area contributed by atoms with E-state index in [-0.39, 0.29) is 24.4 Å². The first-order valence-corrected chi connectivity index (χ1v) is 8.25. The van der Waals surface area contributed by atoms with Gasteiger partial charge in [-0.05, 0) is 44.0 Å². The second kappa shape index (κ2) is 7.74. The number of benzene rings is 1. The van der Waals surface area contributed by atoms with E-state index in [2.05, 4.69) is 21.2 Å². The molecule has 0 radical (unpaired) electrons. The van der Waals surface area contributed by atoms with Gasteiger partial charge in [0, 0.05) is 11.0 Å². The highest BCUT2D eigenvalue weighted by atomic mass is 79.9. The molecular weight excluding hydrogens is 348 g/mol. The van der Waals surface area contributed by atoms with Crippen LogP contribution >= 0.6 is 15.9 Å². The lowest BCUT2D eigenvalue weighted by Gasteiger charge is -2.30. The molecule has 0 aliphatic carbocycles. The first-order valence-electron chi connectivity index (χ1n) is 7.45. The van der Waals surface area contributed by atoms with Gasteiger partial charge in [-0.2, -0.15) is 0 Å². The number of hydrogen-bond donors (Lipinski definition) is 2. The summed E-state index contributed by atoms with van der Waals surface area (Å²) in [7, 11) is 0. The number of hydrogen-bond acceptors (Lipinski definition) is 3. The number of nitrogens with one attached hydrogen (secondary N) is 1. The van der Waals surface area contributed by atoms with Gasteiger partial charge in [-0.1, -0.05) is 28.1 Å². The summed E-state index contributed by atoms with van der Waals surface area (Å²) in [6, 6.07) is 7.76. The molecule has 2 atom stereocenters.